The van der Waals surface area contributed by atoms with Gasteiger partial charge in [0.25, 0.3) is 11.8 Å². The van der Waals surface area contributed by atoms with Crippen LogP contribution in [-0.2, 0) is 14.4 Å². The Bertz CT molecular complexity index is 2130. The number of carbonyl (C=O) groups is 5. The number of amides is 4. The molecule has 0 saturated carbocycles. The Balaban J connectivity index is 1.43. The van der Waals surface area contributed by atoms with Crippen LogP contribution in [0.1, 0.15) is 51.1 Å². The van der Waals surface area contributed by atoms with Crippen LogP contribution in [0.2, 0.25) is 5.02 Å². The molecule has 0 spiro atoms. The van der Waals surface area contributed by atoms with Crippen LogP contribution in [0.4, 0.5) is 19.0 Å². The van der Waals surface area contributed by atoms with Crippen LogP contribution in [0.5, 0.6) is 0 Å². The third-order valence-corrected chi connectivity index (χ3v) is 8.16. The van der Waals surface area contributed by atoms with Crippen molar-refractivity contribution >= 4 is 57.9 Å². The van der Waals surface area contributed by atoms with Crippen molar-refractivity contribution < 1.29 is 42.3 Å². The number of likely N-dealkylation sites (tertiary alicyclic amines) is 1. The van der Waals surface area contributed by atoms with E-state index >= 15 is 0 Å². The summed E-state index contributed by atoms with van der Waals surface area (Å²) in [4.78, 5) is 71.1. The third kappa shape index (κ3) is 8.13. The molecule has 1 aliphatic heterocycles. The number of imide groups is 1. The molecule has 4 aromatic rings. The molecule has 2 aromatic carbocycles. The second-order valence-electron chi connectivity index (χ2n) is 11.2. The molecule has 51 heavy (non-hydrogen) atoms. The highest BCUT2D eigenvalue weighted by molar-refractivity contribution is 6.32. The average Bonchev–Trinajstić information content (AvgIpc) is 3.12. The normalized spacial score (nSPS) is 14.3. The first-order valence-electron chi connectivity index (χ1n) is 15.1. The molecule has 0 radical (unpaired) electrons. The number of halogens is 4. The first-order chi connectivity index (χ1) is 24.2. The van der Waals surface area contributed by atoms with Gasteiger partial charge in [0, 0.05) is 46.4 Å². The first kappa shape index (κ1) is 36.4. The van der Waals surface area contributed by atoms with Gasteiger partial charge in [-0.3, -0.25) is 19.2 Å². The number of aliphatic carboxylic acids is 1. The molecular formula is C34H27ClF3N7O6. The summed E-state index contributed by atoms with van der Waals surface area (Å²) in [6.07, 6.45) is -2.55. The maximum absolute atomic E-state index is 13.1. The maximum Gasteiger partial charge on any atom is 0.473 e. The molecular weight excluding hydrogens is 695 g/mol. The van der Waals surface area contributed by atoms with Gasteiger partial charge in [0.2, 0.25) is 5.91 Å². The molecule has 1 atom stereocenters. The van der Waals surface area contributed by atoms with Crippen LogP contribution in [0.3, 0.4) is 0 Å². The topological polar surface area (TPSA) is 202 Å². The van der Waals surface area contributed by atoms with Gasteiger partial charge < -0.3 is 21.1 Å². The molecule has 1 aliphatic rings. The van der Waals surface area contributed by atoms with Gasteiger partial charge in [-0.1, -0.05) is 35.6 Å². The van der Waals surface area contributed by atoms with Crippen molar-refractivity contribution in [1.29, 1.82) is 0 Å². The SMILES string of the molecule is NCC(=O)Nc1cc2nc(-c3ccc(C#Cc4ccc(C(=O)N5CCCC[C@H]5C(=O)O)cc4Cl)cc3)cc(C(=O)N(N)C(=O)C(F)(F)F)c2cn1. The van der Waals surface area contributed by atoms with Crippen molar-refractivity contribution in [2.24, 2.45) is 11.6 Å². The van der Waals surface area contributed by atoms with Crippen molar-refractivity contribution in [1.82, 2.24) is 19.9 Å². The Labute approximate surface area is 292 Å². The zero-order valence-corrected chi connectivity index (χ0v) is 27.1. The number of nitrogens with zero attached hydrogens (tertiary/aromatic N) is 4. The number of benzene rings is 2. The molecule has 4 amide bonds. The average molecular weight is 722 g/mol. The molecule has 262 valence electrons. The van der Waals surface area contributed by atoms with Crippen LogP contribution in [-0.4, -0.2) is 79.9 Å². The van der Waals surface area contributed by atoms with Crippen LogP contribution in [0.25, 0.3) is 22.2 Å². The number of alkyl halides is 3. The van der Waals surface area contributed by atoms with E-state index in [1.807, 2.05) is 0 Å². The van der Waals surface area contributed by atoms with Crippen molar-refractivity contribution in [2.45, 2.75) is 31.5 Å². The lowest BCUT2D eigenvalue weighted by Crippen LogP contribution is -2.49. The Hall–Kier alpha value is -5.89. The van der Waals surface area contributed by atoms with Gasteiger partial charge in [-0.15, -0.1) is 0 Å². The summed E-state index contributed by atoms with van der Waals surface area (Å²) in [5, 5.41) is 11.5. The number of fused-ring (bicyclic) bond motifs is 1. The highest BCUT2D eigenvalue weighted by atomic mass is 35.5. The van der Waals surface area contributed by atoms with Gasteiger partial charge in [-0.25, -0.2) is 25.6 Å². The third-order valence-electron chi connectivity index (χ3n) is 7.84. The quantitative estimate of drug-likeness (QED) is 0.0984. The fourth-order valence-corrected chi connectivity index (χ4v) is 5.51. The number of nitrogens with one attached hydrogen (secondary N) is 1. The van der Waals surface area contributed by atoms with E-state index in [0.29, 0.717) is 42.5 Å². The second kappa shape index (κ2) is 14.9. The fourth-order valence-electron chi connectivity index (χ4n) is 5.28. The van der Waals surface area contributed by atoms with E-state index in [0.717, 1.165) is 12.3 Å². The smallest absolute Gasteiger partial charge is 0.473 e. The zero-order chi connectivity index (χ0) is 37.0. The van der Waals surface area contributed by atoms with Crippen LogP contribution in [0, 0.1) is 11.8 Å². The van der Waals surface area contributed by atoms with Gasteiger partial charge in [0.1, 0.15) is 11.9 Å². The molecule has 17 heteroatoms. The van der Waals surface area contributed by atoms with Crippen LogP contribution >= 0.6 is 11.6 Å². The molecule has 5 rings (SSSR count). The van der Waals surface area contributed by atoms with Gasteiger partial charge in [0.05, 0.1) is 28.3 Å². The highest BCUT2D eigenvalue weighted by Crippen LogP contribution is 2.28. The number of rotatable bonds is 6. The largest absolute Gasteiger partial charge is 0.480 e. The molecule has 2 aromatic heterocycles. The van der Waals surface area contributed by atoms with Gasteiger partial charge in [-0.2, -0.15) is 13.2 Å². The minimum Gasteiger partial charge on any atom is -0.480 e. The predicted octanol–water partition coefficient (Wildman–Crippen LogP) is 3.73. The molecule has 1 saturated heterocycles. The summed E-state index contributed by atoms with van der Waals surface area (Å²) in [6, 6.07) is 12.4. The zero-order valence-electron chi connectivity index (χ0n) is 26.3. The summed E-state index contributed by atoms with van der Waals surface area (Å²) in [7, 11) is 0. The van der Waals surface area contributed by atoms with E-state index in [1.54, 1.807) is 30.3 Å². The van der Waals surface area contributed by atoms with E-state index < -0.39 is 52.4 Å². The Morgan fingerprint density at radius 3 is 2.41 bits per heavy atom. The number of nitrogens with two attached hydrogens (primary N) is 2. The van der Waals surface area contributed by atoms with E-state index in [4.69, 9.17) is 23.2 Å². The minimum atomic E-state index is -5.42. The number of hydrazine groups is 1. The summed E-state index contributed by atoms with van der Waals surface area (Å²) >= 11 is 6.43. The van der Waals surface area contributed by atoms with Crippen molar-refractivity contribution in [2.75, 3.05) is 18.4 Å². The van der Waals surface area contributed by atoms with Crippen molar-refractivity contribution in [3.63, 3.8) is 0 Å². The lowest BCUT2D eigenvalue weighted by atomic mass is 10.0. The van der Waals surface area contributed by atoms with Crippen molar-refractivity contribution in [3.05, 3.63) is 88.1 Å². The number of carbonyl (C=O) groups excluding carboxylic acids is 4. The van der Waals surface area contributed by atoms with Gasteiger partial charge in [-0.05, 0) is 55.7 Å². The van der Waals surface area contributed by atoms with Gasteiger partial charge >= 0.3 is 18.1 Å². The number of aromatic nitrogens is 2. The number of carboxylic acid groups (broad SMARTS) is 1. The minimum absolute atomic E-state index is 0.00500. The molecule has 0 bridgehead atoms. The van der Waals surface area contributed by atoms with E-state index in [-0.39, 0.29) is 39.5 Å². The summed E-state index contributed by atoms with van der Waals surface area (Å²) in [5.41, 5.74) is 6.57. The predicted molar refractivity (Wildman–Crippen MR) is 178 cm³/mol. The lowest BCUT2D eigenvalue weighted by molar-refractivity contribution is -0.182. The molecule has 6 N–H and O–H groups in total. The van der Waals surface area contributed by atoms with Crippen LogP contribution < -0.4 is 16.9 Å². The lowest BCUT2D eigenvalue weighted by Gasteiger charge is -2.33. The fraction of sp³-hybridized carbons (Fsp3) is 0.206. The van der Waals surface area contributed by atoms with Crippen molar-refractivity contribution in [3.8, 4) is 23.1 Å². The Kier molecular flexibility index (Phi) is 10.7. The monoisotopic (exact) mass is 721 g/mol. The summed E-state index contributed by atoms with van der Waals surface area (Å²) in [5.74, 6) is 4.99. The number of hydrogen-bond acceptors (Lipinski definition) is 9. The molecule has 0 unspecified atom stereocenters. The number of anilines is 1. The number of carboxylic acids is 1. The Morgan fingerprint density at radius 2 is 1.76 bits per heavy atom. The number of piperidine rings is 1. The van der Waals surface area contributed by atoms with E-state index in [9.17, 15) is 42.3 Å². The Morgan fingerprint density at radius 1 is 1.04 bits per heavy atom. The summed E-state index contributed by atoms with van der Waals surface area (Å²) in [6.45, 7) is -0.0372. The number of pyridine rings is 2. The van der Waals surface area contributed by atoms with E-state index in [1.165, 1.54) is 23.1 Å². The van der Waals surface area contributed by atoms with Crippen LogP contribution in [0.15, 0.2) is 60.8 Å². The molecule has 0 aliphatic carbocycles. The highest BCUT2D eigenvalue weighted by Gasteiger charge is 2.44. The van der Waals surface area contributed by atoms with E-state index in [2.05, 4.69) is 27.1 Å². The molecule has 13 nitrogen and oxygen atoms in total. The first-order valence-corrected chi connectivity index (χ1v) is 15.5. The molecule has 3 heterocycles. The van der Waals surface area contributed by atoms with Gasteiger partial charge in [0.15, 0.2) is 0 Å². The number of hydrogen-bond donors (Lipinski definition) is 4. The second-order valence-corrected chi connectivity index (χ2v) is 11.6. The maximum atomic E-state index is 13.1. The molecule has 1 fully saturated rings. The standard InChI is InChI=1S/C34H27ClF3N7O6/c35-24-13-21(30(47)44-12-2-1-3-27(44)32(49)50)11-10-19(24)7-4-18-5-8-20(9-6-18)25-14-22(31(48)45(40)33(51)34(36,37)38)23-17-41-28(15-26(23)42-25)43-29(46)16-39/h5-6,8-11,13-15,17,27H,1-3,12,16,39-40H2,(H,49,50)(H,41,43,46)/t27-/m0/s1. The summed E-state index contributed by atoms with van der Waals surface area (Å²) < 4.78 is 39.2.